The molecule has 1 aliphatic heterocycles. The van der Waals surface area contributed by atoms with Crippen molar-refractivity contribution in [1.82, 2.24) is 4.90 Å². The minimum atomic E-state index is -0.975. The maximum atomic E-state index is 13.8. The van der Waals surface area contributed by atoms with Gasteiger partial charge in [-0.3, -0.25) is 4.79 Å². The number of amides is 1. The van der Waals surface area contributed by atoms with Crippen molar-refractivity contribution in [2.75, 3.05) is 13.1 Å². The van der Waals surface area contributed by atoms with Gasteiger partial charge in [-0.2, -0.15) is 0 Å². The average Bonchev–Trinajstić information content (AvgIpc) is 2.70. The fourth-order valence-corrected chi connectivity index (χ4v) is 3.66. The number of carbonyl (C=O) groups is 2. The van der Waals surface area contributed by atoms with E-state index in [0.717, 1.165) is 25.3 Å². The van der Waals surface area contributed by atoms with Crippen molar-refractivity contribution >= 4 is 23.5 Å². The summed E-state index contributed by atoms with van der Waals surface area (Å²) in [6, 6.07) is 14.0. The molecule has 1 amide bonds. The molecule has 1 fully saturated rings. The highest BCUT2D eigenvalue weighted by Gasteiger charge is 2.29. The molecule has 0 spiro atoms. The van der Waals surface area contributed by atoms with Crippen LogP contribution in [0.25, 0.3) is 0 Å². The third kappa shape index (κ3) is 5.10. The number of benzene rings is 2. The van der Waals surface area contributed by atoms with Gasteiger partial charge in [0.05, 0.1) is 5.56 Å². The predicted molar refractivity (Wildman–Crippen MR) is 106 cm³/mol. The van der Waals surface area contributed by atoms with Gasteiger partial charge in [0, 0.05) is 18.1 Å². The summed E-state index contributed by atoms with van der Waals surface area (Å²) < 4.78 is 19.0. The Kier molecular flexibility index (Phi) is 6.68. The third-order valence-corrected chi connectivity index (χ3v) is 5.31. The first-order valence-corrected chi connectivity index (χ1v) is 9.80. The van der Waals surface area contributed by atoms with E-state index in [1.165, 1.54) is 24.6 Å². The molecule has 1 saturated heterocycles. The molecule has 2 aromatic rings. The molecule has 3 rings (SSSR count). The average molecular weight is 404 g/mol. The number of ether oxygens (including phenoxy) is 1. The molecule has 4 nitrogen and oxygen atoms in total. The molecule has 2 aromatic carbocycles. The van der Waals surface area contributed by atoms with E-state index in [1.54, 1.807) is 4.90 Å². The van der Waals surface area contributed by atoms with E-state index >= 15 is 0 Å². The van der Waals surface area contributed by atoms with E-state index in [-0.39, 0.29) is 16.5 Å². The summed E-state index contributed by atoms with van der Waals surface area (Å²) in [6.07, 6.45) is 1.84. The van der Waals surface area contributed by atoms with Gasteiger partial charge < -0.3 is 9.64 Å². The number of hydrogen-bond donors (Lipinski definition) is 0. The Labute approximate surface area is 169 Å². The van der Waals surface area contributed by atoms with Crippen LogP contribution in [-0.4, -0.2) is 36.0 Å². The van der Waals surface area contributed by atoms with E-state index in [0.29, 0.717) is 19.0 Å². The highest BCUT2D eigenvalue weighted by Crippen LogP contribution is 2.23. The maximum Gasteiger partial charge on any atom is 0.341 e. The van der Waals surface area contributed by atoms with Crippen LogP contribution in [0.2, 0.25) is 5.02 Å². The van der Waals surface area contributed by atoms with E-state index in [1.807, 2.05) is 18.2 Å². The van der Waals surface area contributed by atoms with E-state index in [9.17, 15) is 14.0 Å². The number of hydrogen-bond acceptors (Lipinski definition) is 3. The molecule has 0 saturated carbocycles. The zero-order chi connectivity index (χ0) is 20.1. The Hall–Kier alpha value is -2.40. The van der Waals surface area contributed by atoms with Crippen LogP contribution in [0.15, 0.2) is 48.5 Å². The number of likely N-dealkylation sites (tertiary alicyclic amines) is 1. The van der Waals surface area contributed by atoms with Crippen molar-refractivity contribution in [3.63, 3.8) is 0 Å². The second-order valence-electron chi connectivity index (χ2n) is 7.13. The summed E-state index contributed by atoms with van der Waals surface area (Å²) in [5, 5.41) is 0.229. The molecule has 1 aliphatic rings. The van der Waals surface area contributed by atoms with Crippen LogP contribution in [0.4, 0.5) is 4.39 Å². The highest BCUT2D eigenvalue weighted by molar-refractivity contribution is 6.30. The van der Waals surface area contributed by atoms with Crippen LogP contribution < -0.4 is 0 Å². The second-order valence-corrected chi connectivity index (χ2v) is 7.57. The normalized spacial score (nSPS) is 15.9. The Morgan fingerprint density at radius 1 is 1.18 bits per heavy atom. The van der Waals surface area contributed by atoms with Gasteiger partial charge in [0.25, 0.3) is 5.91 Å². The van der Waals surface area contributed by atoms with Gasteiger partial charge in [0.2, 0.25) is 0 Å². The molecule has 0 unspecified atom stereocenters. The van der Waals surface area contributed by atoms with Crippen LogP contribution in [-0.2, 0) is 16.0 Å². The van der Waals surface area contributed by atoms with Crippen LogP contribution in [0, 0.1) is 11.7 Å². The molecular weight excluding hydrogens is 381 g/mol. The minimum absolute atomic E-state index is 0.229. The van der Waals surface area contributed by atoms with Crippen molar-refractivity contribution < 1.29 is 18.7 Å². The largest absolute Gasteiger partial charge is 0.449 e. The van der Waals surface area contributed by atoms with Crippen molar-refractivity contribution in [3.05, 3.63) is 70.5 Å². The van der Waals surface area contributed by atoms with E-state index in [4.69, 9.17) is 16.3 Å². The summed E-state index contributed by atoms with van der Waals surface area (Å²) in [4.78, 5) is 26.5. The SMILES string of the molecule is C[C@H](OC(=O)c1cc(Cl)ccc1F)C(=O)N1CCC(Cc2ccccc2)CC1. The van der Waals surface area contributed by atoms with Crippen LogP contribution in [0.5, 0.6) is 0 Å². The predicted octanol–water partition coefficient (Wildman–Crippen LogP) is 4.51. The van der Waals surface area contributed by atoms with Crippen molar-refractivity contribution in [2.45, 2.75) is 32.3 Å². The molecule has 148 valence electrons. The number of esters is 1. The summed E-state index contributed by atoms with van der Waals surface area (Å²) >= 11 is 5.80. The standard InChI is InChI=1S/C22H23ClFNO3/c1-15(28-22(27)19-14-18(23)7-8-20(19)24)21(26)25-11-9-17(10-12-25)13-16-5-3-2-4-6-16/h2-8,14-15,17H,9-13H2,1H3/t15-/m0/s1. The minimum Gasteiger partial charge on any atom is -0.449 e. The van der Waals surface area contributed by atoms with Gasteiger partial charge in [-0.25, -0.2) is 9.18 Å². The Balaban J connectivity index is 1.51. The van der Waals surface area contributed by atoms with Crippen molar-refractivity contribution in [1.29, 1.82) is 0 Å². The summed E-state index contributed by atoms with van der Waals surface area (Å²) in [5.74, 6) is -1.34. The number of piperidine rings is 1. The van der Waals surface area contributed by atoms with Crippen molar-refractivity contribution in [3.8, 4) is 0 Å². The number of carbonyl (C=O) groups excluding carboxylic acids is 2. The first kappa shape index (κ1) is 20.3. The number of nitrogens with zero attached hydrogens (tertiary/aromatic N) is 1. The molecule has 0 aromatic heterocycles. The van der Waals surface area contributed by atoms with Gasteiger partial charge in [0.15, 0.2) is 6.10 Å². The second kappa shape index (κ2) is 9.20. The van der Waals surface area contributed by atoms with Gasteiger partial charge >= 0.3 is 5.97 Å². The Morgan fingerprint density at radius 3 is 2.54 bits per heavy atom. The van der Waals surface area contributed by atoms with Crippen LogP contribution in [0.1, 0.15) is 35.7 Å². The first-order chi connectivity index (χ1) is 13.4. The third-order valence-electron chi connectivity index (χ3n) is 5.07. The quantitative estimate of drug-likeness (QED) is 0.690. The Morgan fingerprint density at radius 2 is 1.86 bits per heavy atom. The molecule has 0 aliphatic carbocycles. The van der Waals surface area contributed by atoms with E-state index < -0.39 is 17.9 Å². The molecular formula is C22H23ClFNO3. The van der Waals surface area contributed by atoms with Crippen LogP contribution >= 0.6 is 11.6 Å². The highest BCUT2D eigenvalue weighted by atomic mass is 35.5. The summed E-state index contributed by atoms with van der Waals surface area (Å²) in [7, 11) is 0. The maximum absolute atomic E-state index is 13.8. The van der Waals surface area contributed by atoms with Gasteiger partial charge in [-0.15, -0.1) is 0 Å². The lowest BCUT2D eigenvalue weighted by Gasteiger charge is -2.33. The van der Waals surface area contributed by atoms with Crippen molar-refractivity contribution in [2.24, 2.45) is 5.92 Å². The molecule has 0 radical (unpaired) electrons. The molecule has 0 bridgehead atoms. The molecule has 0 N–H and O–H groups in total. The number of rotatable bonds is 5. The topological polar surface area (TPSA) is 46.6 Å². The lowest BCUT2D eigenvalue weighted by atomic mass is 9.90. The van der Waals surface area contributed by atoms with Gasteiger partial charge in [-0.05, 0) is 55.9 Å². The number of halogens is 2. The lowest BCUT2D eigenvalue weighted by Crippen LogP contribution is -2.44. The summed E-state index contributed by atoms with van der Waals surface area (Å²) in [5.41, 5.74) is 1.03. The molecule has 6 heteroatoms. The lowest BCUT2D eigenvalue weighted by molar-refractivity contribution is -0.141. The molecule has 1 heterocycles. The van der Waals surface area contributed by atoms with E-state index in [2.05, 4.69) is 12.1 Å². The van der Waals surface area contributed by atoms with Gasteiger partial charge in [0.1, 0.15) is 5.82 Å². The zero-order valence-corrected chi connectivity index (χ0v) is 16.5. The molecule has 28 heavy (non-hydrogen) atoms. The summed E-state index contributed by atoms with van der Waals surface area (Å²) in [6.45, 7) is 2.77. The van der Waals surface area contributed by atoms with Gasteiger partial charge in [-0.1, -0.05) is 41.9 Å². The molecule has 1 atom stereocenters. The first-order valence-electron chi connectivity index (χ1n) is 9.43. The van der Waals surface area contributed by atoms with Crippen LogP contribution in [0.3, 0.4) is 0 Å². The monoisotopic (exact) mass is 403 g/mol. The Bertz CT molecular complexity index is 835. The zero-order valence-electron chi connectivity index (χ0n) is 15.7. The fraction of sp³-hybridized carbons (Fsp3) is 0.364. The smallest absolute Gasteiger partial charge is 0.341 e. The fourth-order valence-electron chi connectivity index (χ4n) is 3.49.